The lowest BCUT2D eigenvalue weighted by Gasteiger charge is -2.34. The van der Waals surface area contributed by atoms with Gasteiger partial charge in [-0.15, -0.1) is 0 Å². The Labute approximate surface area is 236 Å². The number of carbonyl (C=O) groups excluding carboxylic acids is 3. The number of anilines is 1. The molecule has 3 amide bonds. The minimum Gasteiger partial charge on any atom is -0.379 e. The van der Waals surface area contributed by atoms with Gasteiger partial charge in [0.15, 0.2) is 0 Å². The molecule has 9 nitrogen and oxygen atoms in total. The normalized spacial score (nSPS) is 31.9. The maximum Gasteiger partial charge on any atom is 0.246 e. The maximum atomic E-state index is 14.1. The molecule has 40 heavy (non-hydrogen) atoms. The van der Waals surface area contributed by atoms with E-state index < -0.39 is 29.6 Å². The van der Waals surface area contributed by atoms with Crippen LogP contribution in [0.3, 0.4) is 0 Å². The number of nitrogens with one attached hydrogen (secondary N) is 2. The molecule has 2 N–H and O–H groups in total. The molecule has 1 spiro atoms. The van der Waals surface area contributed by atoms with Crippen molar-refractivity contribution in [1.29, 1.82) is 0 Å². The molecule has 9 heteroatoms. The third-order valence-corrected chi connectivity index (χ3v) is 9.63. The first kappa shape index (κ1) is 27.4. The Kier molecular flexibility index (Phi) is 7.72. The fraction of sp³-hybridized carbons (Fsp3) is 0.645. The molecule has 0 radical (unpaired) electrons. The van der Waals surface area contributed by atoms with E-state index in [2.05, 4.69) is 15.5 Å². The molecule has 4 aliphatic heterocycles. The number of ether oxygens (including phenoxy) is 2. The van der Waals surface area contributed by atoms with E-state index in [1.54, 1.807) is 4.90 Å². The van der Waals surface area contributed by atoms with Gasteiger partial charge in [-0.2, -0.15) is 0 Å². The van der Waals surface area contributed by atoms with Crippen molar-refractivity contribution < 1.29 is 23.9 Å². The molecule has 1 aliphatic carbocycles. The zero-order chi connectivity index (χ0) is 27.9. The van der Waals surface area contributed by atoms with Crippen LogP contribution in [0.1, 0.15) is 49.7 Å². The fourth-order valence-electron chi connectivity index (χ4n) is 7.37. The van der Waals surface area contributed by atoms with Crippen LogP contribution < -0.4 is 10.6 Å². The lowest BCUT2D eigenvalue weighted by atomic mass is 9.74. The van der Waals surface area contributed by atoms with Gasteiger partial charge >= 0.3 is 0 Å². The molecule has 2 bridgehead atoms. The predicted octanol–water partition coefficient (Wildman–Crippen LogP) is 2.56. The maximum absolute atomic E-state index is 14.1. The zero-order valence-electron chi connectivity index (χ0n) is 23.7. The molecular formula is C31H42N4O5. The second kappa shape index (κ2) is 11.3. The summed E-state index contributed by atoms with van der Waals surface area (Å²) in [5.41, 5.74) is 1.81. The number of aryl methyl sites for hydroxylation is 2. The Hall–Kier alpha value is -2.75. The summed E-state index contributed by atoms with van der Waals surface area (Å²) in [6, 6.07) is 5.15. The lowest BCUT2D eigenvalue weighted by molar-refractivity contribution is -0.141. The van der Waals surface area contributed by atoms with Crippen LogP contribution in [0.15, 0.2) is 30.4 Å². The molecule has 6 rings (SSSR count). The van der Waals surface area contributed by atoms with Crippen LogP contribution >= 0.6 is 0 Å². The Balaban J connectivity index is 1.24. The van der Waals surface area contributed by atoms with Crippen LogP contribution in [0.25, 0.3) is 0 Å². The standard InChI is InChI=1S/C31H42N4O5/c1-20-9-10-23(19-21(20)2)33-28(36)25-24-11-12-31(40-24)26(25)30(38)35(14-6-13-34-15-17-39-18-16-34)27(31)29(37)32-22-7-4-3-5-8-22/h9-12,19,22,24-27H,3-8,13-18H2,1-2H3,(H,32,37)(H,33,36)/t24-,25-,26-,27-,31-/m0/s1. The van der Waals surface area contributed by atoms with Crippen LogP contribution in [0.2, 0.25) is 0 Å². The first-order valence-electron chi connectivity index (χ1n) is 15.0. The summed E-state index contributed by atoms with van der Waals surface area (Å²) >= 11 is 0. The van der Waals surface area contributed by atoms with Gasteiger partial charge in [-0.3, -0.25) is 19.3 Å². The molecule has 3 saturated heterocycles. The van der Waals surface area contributed by atoms with Crippen LogP contribution in [0.4, 0.5) is 5.69 Å². The molecule has 1 saturated carbocycles. The van der Waals surface area contributed by atoms with Crippen molar-refractivity contribution in [2.75, 3.05) is 44.7 Å². The van der Waals surface area contributed by atoms with E-state index in [-0.39, 0.29) is 23.8 Å². The summed E-state index contributed by atoms with van der Waals surface area (Å²) in [7, 11) is 0. The van der Waals surface area contributed by atoms with Crippen molar-refractivity contribution in [2.24, 2.45) is 11.8 Å². The number of amides is 3. The molecule has 0 unspecified atom stereocenters. The topological polar surface area (TPSA) is 100 Å². The third kappa shape index (κ3) is 4.97. The highest BCUT2D eigenvalue weighted by atomic mass is 16.5. The average molecular weight is 551 g/mol. The summed E-state index contributed by atoms with van der Waals surface area (Å²) in [5, 5.41) is 6.30. The highest BCUT2D eigenvalue weighted by Crippen LogP contribution is 2.55. The second-order valence-corrected chi connectivity index (χ2v) is 12.2. The Morgan fingerprint density at radius 1 is 1.02 bits per heavy atom. The molecule has 4 heterocycles. The number of morpholine rings is 1. The van der Waals surface area contributed by atoms with Crippen LogP contribution in [-0.2, 0) is 23.9 Å². The first-order valence-corrected chi connectivity index (χ1v) is 15.0. The van der Waals surface area contributed by atoms with Crippen molar-refractivity contribution in [2.45, 2.75) is 76.2 Å². The summed E-state index contributed by atoms with van der Waals surface area (Å²) in [4.78, 5) is 45.8. The minimum atomic E-state index is -1.12. The monoisotopic (exact) mass is 550 g/mol. The van der Waals surface area contributed by atoms with Crippen molar-refractivity contribution in [3.8, 4) is 0 Å². The zero-order valence-corrected chi connectivity index (χ0v) is 23.7. The second-order valence-electron chi connectivity index (χ2n) is 12.2. The number of likely N-dealkylation sites (tertiary alicyclic amines) is 1. The van der Waals surface area contributed by atoms with Crippen molar-refractivity contribution in [3.63, 3.8) is 0 Å². The Morgan fingerprint density at radius 3 is 2.55 bits per heavy atom. The summed E-state index contributed by atoms with van der Waals surface area (Å²) in [6.07, 6.45) is 9.31. The smallest absolute Gasteiger partial charge is 0.246 e. The molecule has 5 atom stereocenters. The largest absolute Gasteiger partial charge is 0.379 e. The van der Waals surface area contributed by atoms with E-state index in [0.717, 1.165) is 76.1 Å². The Bertz CT molecular complexity index is 1170. The van der Waals surface area contributed by atoms with Gasteiger partial charge in [-0.05, 0) is 56.4 Å². The predicted molar refractivity (Wildman–Crippen MR) is 151 cm³/mol. The van der Waals surface area contributed by atoms with E-state index in [1.807, 2.05) is 44.2 Å². The quantitative estimate of drug-likeness (QED) is 0.483. The van der Waals surface area contributed by atoms with Gasteiger partial charge in [-0.25, -0.2) is 0 Å². The number of hydrogen-bond acceptors (Lipinski definition) is 6. The third-order valence-electron chi connectivity index (χ3n) is 9.63. The van der Waals surface area contributed by atoms with E-state index >= 15 is 0 Å². The molecule has 1 aromatic carbocycles. The number of nitrogens with zero attached hydrogens (tertiary/aromatic N) is 2. The molecule has 4 fully saturated rings. The van der Waals surface area contributed by atoms with Crippen molar-refractivity contribution in [1.82, 2.24) is 15.1 Å². The van der Waals surface area contributed by atoms with Gasteiger partial charge in [0.05, 0.1) is 31.2 Å². The number of benzene rings is 1. The first-order chi connectivity index (χ1) is 19.4. The van der Waals surface area contributed by atoms with Crippen LogP contribution in [-0.4, -0.2) is 90.7 Å². The Morgan fingerprint density at radius 2 is 1.80 bits per heavy atom. The summed E-state index contributed by atoms with van der Waals surface area (Å²) in [5.74, 6) is -1.96. The van der Waals surface area contributed by atoms with Crippen molar-refractivity contribution >= 4 is 23.4 Å². The fourth-order valence-corrected chi connectivity index (χ4v) is 7.37. The number of rotatable bonds is 8. The van der Waals surface area contributed by atoms with Gasteiger partial charge in [0, 0.05) is 37.9 Å². The van der Waals surface area contributed by atoms with Gasteiger partial charge in [0.1, 0.15) is 11.6 Å². The van der Waals surface area contributed by atoms with E-state index in [1.165, 1.54) is 6.42 Å². The van der Waals surface area contributed by atoms with E-state index in [9.17, 15) is 14.4 Å². The number of hydrogen-bond donors (Lipinski definition) is 2. The highest BCUT2D eigenvalue weighted by molar-refractivity contribution is 6.02. The minimum absolute atomic E-state index is 0.119. The van der Waals surface area contributed by atoms with Crippen molar-refractivity contribution in [3.05, 3.63) is 41.5 Å². The van der Waals surface area contributed by atoms with E-state index in [0.29, 0.717) is 12.2 Å². The van der Waals surface area contributed by atoms with E-state index in [4.69, 9.17) is 9.47 Å². The van der Waals surface area contributed by atoms with Gasteiger partial charge in [0.2, 0.25) is 17.7 Å². The molecule has 1 aromatic rings. The van der Waals surface area contributed by atoms with Crippen LogP contribution in [0.5, 0.6) is 0 Å². The lowest BCUT2D eigenvalue weighted by Crippen LogP contribution is -2.56. The molecule has 5 aliphatic rings. The molecule has 216 valence electrons. The number of fused-ring (bicyclic) bond motifs is 1. The summed E-state index contributed by atoms with van der Waals surface area (Å²) in [6.45, 7) is 8.51. The average Bonchev–Trinajstić information content (AvgIpc) is 3.59. The summed E-state index contributed by atoms with van der Waals surface area (Å²) < 4.78 is 12.0. The molecule has 0 aromatic heterocycles. The van der Waals surface area contributed by atoms with Gasteiger partial charge in [-0.1, -0.05) is 37.5 Å². The van der Waals surface area contributed by atoms with Crippen LogP contribution in [0, 0.1) is 25.7 Å². The molecular weight excluding hydrogens is 508 g/mol. The number of carbonyl (C=O) groups is 3. The van der Waals surface area contributed by atoms with Gasteiger partial charge < -0.3 is 25.0 Å². The highest BCUT2D eigenvalue weighted by Gasteiger charge is 2.72. The SMILES string of the molecule is Cc1ccc(NC(=O)[C@H]2[C@@H]3C=C[C@]4(O3)[C@@H]2C(=O)N(CCCN2CCOCC2)[C@H]4C(=O)NC2CCCCC2)cc1C. The van der Waals surface area contributed by atoms with Gasteiger partial charge in [0.25, 0.3) is 0 Å².